The Labute approximate surface area is 82.4 Å². The Bertz CT molecular complexity index is 385. The van der Waals surface area contributed by atoms with Crippen molar-refractivity contribution >= 4 is 7.82 Å². The summed E-state index contributed by atoms with van der Waals surface area (Å²) in [6.45, 7) is -1.10. The van der Waals surface area contributed by atoms with Crippen LogP contribution in [-0.4, -0.2) is 50.7 Å². The maximum absolute atomic E-state index is 11.4. The van der Waals surface area contributed by atoms with Crippen LogP contribution in [-0.2, 0) is 22.9 Å². The van der Waals surface area contributed by atoms with Crippen LogP contribution >= 0.6 is 7.82 Å². The molecule has 10 heteroatoms. The van der Waals surface area contributed by atoms with Crippen molar-refractivity contribution < 1.29 is 43.3 Å². The lowest BCUT2D eigenvalue weighted by molar-refractivity contribution is -0.360. The number of aliphatic hydroxyl groups is 4. The van der Waals surface area contributed by atoms with Gasteiger partial charge in [-0.1, -0.05) is 0 Å². The van der Waals surface area contributed by atoms with E-state index in [2.05, 4.69) is 18.3 Å². The van der Waals surface area contributed by atoms with Gasteiger partial charge in [0.2, 0.25) is 6.29 Å². The van der Waals surface area contributed by atoms with Crippen LogP contribution in [0.4, 0.5) is 0 Å². The Hall–Kier alpha value is -0.0900. The summed E-state index contributed by atoms with van der Waals surface area (Å²) in [5.74, 6) is -8.11. The molecule has 0 spiro atoms. The molecule has 9 nitrogen and oxygen atoms in total. The smallest absolute Gasteiger partial charge is 0.391 e. The first-order valence-electron chi connectivity index (χ1n) is 3.94. The average molecular weight is 242 g/mol. The van der Waals surface area contributed by atoms with Crippen molar-refractivity contribution in [2.24, 2.45) is 0 Å². The molecule has 0 aliphatic carbocycles. The van der Waals surface area contributed by atoms with E-state index in [4.69, 9.17) is 5.11 Å². The van der Waals surface area contributed by atoms with Gasteiger partial charge in [-0.05, 0) is 0 Å². The van der Waals surface area contributed by atoms with E-state index in [0.717, 1.165) is 0 Å². The molecule has 0 radical (unpaired) electrons. The number of phosphoric acid groups is 1. The molecule has 3 aliphatic rings. The molecule has 0 aromatic heterocycles. The van der Waals surface area contributed by atoms with E-state index in [1.54, 1.807) is 0 Å². The van der Waals surface area contributed by atoms with Crippen molar-refractivity contribution in [2.75, 3.05) is 6.61 Å². The number of phosphoric ester groups is 1. The molecule has 3 saturated heterocycles. The van der Waals surface area contributed by atoms with Crippen molar-refractivity contribution in [3.8, 4) is 0 Å². The number of rotatable bonds is 1. The van der Waals surface area contributed by atoms with E-state index >= 15 is 0 Å². The molecule has 86 valence electrons. The van der Waals surface area contributed by atoms with Crippen molar-refractivity contribution in [3.63, 3.8) is 0 Å². The van der Waals surface area contributed by atoms with Crippen LogP contribution in [0.25, 0.3) is 0 Å². The molecule has 3 rings (SSSR count). The van der Waals surface area contributed by atoms with Gasteiger partial charge in [-0.3, -0.25) is 4.52 Å². The highest BCUT2D eigenvalue weighted by atomic mass is 31.2. The quantitative estimate of drug-likeness (QED) is 0.370. The van der Waals surface area contributed by atoms with Gasteiger partial charge in [0.05, 0.1) is 0 Å². The van der Waals surface area contributed by atoms with Gasteiger partial charge in [0, 0.05) is 0 Å². The number of ether oxygens (including phenoxy) is 1. The Morgan fingerprint density at radius 3 is 2.40 bits per heavy atom. The summed E-state index contributed by atoms with van der Waals surface area (Å²) in [4.78, 5) is 0. The molecule has 4 N–H and O–H groups in total. The first kappa shape index (κ1) is 10.1. The SMILES string of the molecule is O=P12OC3OC(O)(CO)[C@@](O)(O1)[C@@]3(O)O2. The van der Waals surface area contributed by atoms with E-state index in [0.29, 0.717) is 0 Å². The number of fused-ring (bicyclic) bond motifs is 1. The predicted octanol–water partition coefficient (Wildman–Crippen LogP) is -2.41. The molecular formula is C5H7O9P. The van der Waals surface area contributed by atoms with Crippen LogP contribution in [0, 0.1) is 0 Å². The molecule has 3 heterocycles. The fourth-order valence-corrected chi connectivity index (χ4v) is 3.46. The van der Waals surface area contributed by atoms with Crippen LogP contribution in [0.1, 0.15) is 0 Å². The fraction of sp³-hybridized carbons (Fsp3) is 1.00. The Kier molecular flexibility index (Phi) is 1.53. The minimum absolute atomic E-state index is 1.10. The summed E-state index contributed by atoms with van der Waals surface area (Å²) >= 11 is 0. The highest BCUT2D eigenvalue weighted by molar-refractivity contribution is 7.49. The fourth-order valence-electron chi connectivity index (χ4n) is 1.77. The molecule has 3 aliphatic heterocycles. The molecule has 0 saturated carbocycles. The van der Waals surface area contributed by atoms with Crippen molar-refractivity contribution in [3.05, 3.63) is 0 Å². The Morgan fingerprint density at radius 2 is 1.93 bits per heavy atom. The van der Waals surface area contributed by atoms with Gasteiger partial charge in [0.15, 0.2) is 0 Å². The third kappa shape index (κ3) is 0.825. The zero-order valence-corrected chi connectivity index (χ0v) is 7.96. The van der Waals surface area contributed by atoms with Gasteiger partial charge in [0.25, 0.3) is 17.4 Å². The highest BCUT2D eigenvalue weighted by Gasteiger charge is 2.89. The van der Waals surface area contributed by atoms with Gasteiger partial charge >= 0.3 is 7.82 Å². The molecule has 15 heavy (non-hydrogen) atoms. The second-order valence-corrected chi connectivity index (χ2v) is 4.94. The topological polar surface area (TPSA) is 135 Å². The van der Waals surface area contributed by atoms with Gasteiger partial charge in [-0.25, -0.2) is 13.6 Å². The summed E-state index contributed by atoms with van der Waals surface area (Å²) in [7, 11) is -4.15. The normalized spacial score (nSPS) is 66.5. The minimum atomic E-state index is -4.15. The second-order valence-electron chi connectivity index (χ2n) is 3.47. The van der Waals surface area contributed by atoms with Gasteiger partial charge < -0.3 is 25.2 Å². The molecule has 3 fully saturated rings. The zero-order chi connectivity index (χ0) is 11.1. The molecule has 0 aromatic carbocycles. The summed E-state index contributed by atoms with van der Waals surface area (Å²) in [5, 5.41) is 38.0. The first-order chi connectivity index (χ1) is 6.79. The number of aliphatic hydroxyl groups excluding tert-OH is 1. The lowest BCUT2D eigenvalue weighted by Crippen LogP contribution is -2.63. The molecule has 3 unspecified atom stereocenters. The van der Waals surface area contributed by atoms with Crippen molar-refractivity contribution in [2.45, 2.75) is 23.7 Å². The number of hydrogen-bond donors (Lipinski definition) is 4. The van der Waals surface area contributed by atoms with E-state index in [9.17, 15) is 19.9 Å². The van der Waals surface area contributed by atoms with Crippen molar-refractivity contribution in [1.82, 2.24) is 0 Å². The molecule has 2 bridgehead atoms. The minimum Gasteiger partial charge on any atom is -0.391 e. The third-order valence-electron chi connectivity index (χ3n) is 2.57. The maximum atomic E-state index is 11.4. The van der Waals surface area contributed by atoms with Crippen LogP contribution < -0.4 is 0 Å². The maximum Gasteiger partial charge on any atom is 0.483 e. The largest absolute Gasteiger partial charge is 0.483 e. The summed E-state index contributed by atoms with van der Waals surface area (Å²) in [6.07, 6.45) is -1.68. The lowest BCUT2D eigenvalue weighted by atomic mass is 10.0. The van der Waals surface area contributed by atoms with Crippen LogP contribution in [0.5, 0.6) is 0 Å². The highest BCUT2D eigenvalue weighted by Crippen LogP contribution is 2.76. The Balaban J connectivity index is 2.19. The lowest BCUT2D eigenvalue weighted by Gasteiger charge is -2.33. The molecule has 5 atom stereocenters. The van der Waals surface area contributed by atoms with E-state index in [-0.39, 0.29) is 0 Å². The first-order valence-corrected chi connectivity index (χ1v) is 5.40. The second kappa shape index (κ2) is 2.28. The molecule has 0 amide bonds. The van der Waals surface area contributed by atoms with Crippen LogP contribution in [0.2, 0.25) is 0 Å². The van der Waals surface area contributed by atoms with E-state index in [1.807, 2.05) is 0 Å². The monoisotopic (exact) mass is 242 g/mol. The average Bonchev–Trinajstić information content (AvgIpc) is 2.50. The van der Waals surface area contributed by atoms with Crippen LogP contribution in [0.15, 0.2) is 0 Å². The molecule has 0 aromatic rings. The molecular weight excluding hydrogens is 235 g/mol. The standard InChI is InChI=1S/C5H7O9P/c6-1-3(7)5(9)4(8)2(11-3)12-15(10,13-4)14-5/h2,6-9H,1H2/t2?,3?,4-,5+,15?/m0/s1. The summed E-state index contributed by atoms with van der Waals surface area (Å²) in [6, 6.07) is 0. The van der Waals surface area contributed by atoms with Crippen molar-refractivity contribution in [1.29, 1.82) is 0 Å². The van der Waals surface area contributed by atoms with Gasteiger partial charge in [-0.2, -0.15) is 0 Å². The predicted molar refractivity (Wildman–Crippen MR) is 37.7 cm³/mol. The zero-order valence-electron chi connectivity index (χ0n) is 7.06. The number of hydrogen-bond acceptors (Lipinski definition) is 9. The van der Waals surface area contributed by atoms with Gasteiger partial charge in [0.1, 0.15) is 6.61 Å². The Morgan fingerprint density at radius 1 is 1.27 bits per heavy atom. The summed E-state index contributed by atoms with van der Waals surface area (Å²) < 4.78 is 29.4. The summed E-state index contributed by atoms with van der Waals surface area (Å²) in [5.41, 5.74) is 0. The van der Waals surface area contributed by atoms with E-state index < -0.39 is 38.1 Å². The van der Waals surface area contributed by atoms with Crippen LogP contribution in [0.3, 0.4) is 0 Å². The van der Waals surface area contributed by atoms with E-state index in [1.165, 1.54) is 0 Å². The third-order valence-corrected chi connectivity index (χ3v) is 4.01. The van der Waals surface area contributed by atoms with Gasteiger partial charge in [-0.15, -0.1) is 0 Å².